The fraction of sp³-hybridized carbons (Fsp3) is 0.533. The number of hydrogen-bond donors (Lipinski definition) is 1. The minimum atomic E-state index is -4.50. The average molecular weight is 643 g/mol. The van der Waals surface area contributed by atoms with Crippen molar-refractivity contribution >= 4 is 11.6 Å². The average Bonchev–Trinajstić information content (AvgIpc) is 3.72. The minimum absolute atomic E-state index is 0.0536. The van der Waals surface area contributed by atoms with Crippen molar-refractivity contribution in [3.05, 3.63) is 48.7 Å². The van der Waals surface area contributed by atoms with Gasteiger partial charge in [-0.25, -0.2) is 14.6 Å². The van der Waals surface area contributed by atoms with Crippen LogP contribution in [0.1, 0.15) is 44.2 Å². The lowest BCUT2D eigenvalue weighted by atomic mass is 9.90. The Balaban J connectivity index is 1.13. The first-order valence-electron chi connectivity index (χ1n) is 15.4. The summed E-state index contributed by atoms with van der Waals surface area (Å²) in [7, 11) is 0. The summed E-state index contributed by atoms with van der Waals surface area (Å²) in [4.78, 5) is 11.3. The molecule has 6 rings (SSSR count). The lowest BCUT2D eigenvalue weighted by Gasteiger charge is -2.38. The molecule has 1 aromatic carbocycles. The molecule has 0 amide bonds. The maximum Gasteiger partial charge on any atom is 0.422 e. The van der Waals surface area contributed by atoms with Crippen LogP contribution in [0, 0.1) is 6.92 Å². The molecule has 4 aromatic rings. The second kappa shape index (κ2) is 14.0. The summed E-state index contributed by atoms with van der Waals surface area (Å²) in [6.07, 6.45) is 5.52. The van der Waals surface area contributed by atoms with E-state index in [4.69, 9.17) is 14.2 Å². The SMILES string of the molecule is Cc1ccc(-c2cnc(Nc3cn(C4CCC(N5CCOCC5)CC4)nc3OCC(F)(F)F)nc2)cc1O[C@@H](C)Cn1cnnn1. The van der Waals surface area contributed by atoms with Gasteiger partial charge in [-0.15, -0.1) is 10.2 Å². The highest BCUT2D eigenvalue weighted by Crippen LogP contribution is 2.35. The largest absolute Gasteiger partial charge is 0.488 e. The maximum absolute atomic E-state index is 13.1. The molecular formula is C30H37F3N10O3. The van der Waals surface area contributed by atoms with Gasteiger partial charge in [-0.3, -0.25) is 9.58 Å². The lowest BCUT2D eigenvalue weighted by molar-refractivity contribution is -0.154. The highest BCUT2D eigenvalue weighted by Gasteiger charge is 2.32. The van der Waals surface area contributed by atoms with Crippen molar-refractivity contribution < 1.29 is 27.4 Å². The third-order valence-electron chi connectivity index (χ3n) is 8.26. The van der Waals surface area contributed by atoms with E-state index in [-0.39, 0.29) is 29.7 Å². The Morgan fingerprint density at radius 1 is 1.04 bits per heavy atom. The molecule has 4 heterocycles. The highest BCUT2D eigenvalue weighted by molar-refractivity contribution is 5.66. The number of ether oxygens (including phenoxy) is 3. The van der Waals surface area contributed by atoms with Crippen molar-refractivity contribution in [2.24, 2.45) is 0 Å². The lowest BCUT2D eigenvalue weighted by Crippen LogP contribution is -2.45. The van der Waals surface area contributed by atoms with E-state index in [0.717, 1.165) is 68.7 Å². The van der Waals surface area contributed by atoms with Crippen molar-refractivity contribution in [1.29, 1.82) is 0 Å². The van der Waals surface area contributed by atoms with Gasteiger partial charge in [0, 0.05) is 37.1 Å². The number of aromatic nitrogens is 8. The van der Waals surface area contributed by atoms with Crippen molar-refractivity contribution in [1.82, 2.24) is 44.9 Å². The molecule has 3 aromatic heterocycles. The van der Waals surface area contributed by atoms with E-state index in [2.05, 4.69) is 40.8 Å². The summed E-state index contributed by atoms with van der Waals surface area (Å²) in [5.41, 5.74) is 2.82. The number of nitrogens with one attached hydrogen (secondary N) is 1. The molecule has 16 heteroatoms. The predicted molar refractivity (Wildman–Crippen MR) is 161 cm³/mol. The molecular weight excluding hydrogens is 605 g/mol. The third-order valence-corrected chi connectivity index (χ3v) is 8.26. The molecule has 246 valence electrons. The molecule has 0 radical (unpaired) electrons. The first-order chi connectivity index (χ1) is 22.2. The van der Waals surface area contributed by atoms with Crippen LogP contribution >= 0.6 is 0 Å². The van der Waals surface area contributed by atoms with Gasteiger partial charge in [0.25, 0.3) is 5.88 Å². The monoisotopic (exact) mass is 642 g/mol. The Morgan fingerprint density at radius 2 is 1.78 bits per heavy atom. The number of rotatable bonds is 11. The number of morpholine rings is 1. The first-order valence-corrected chi connectivity index (χ1v) is 15.4. The topological polar surface area (TPSA) is 130 Å². The zero-order valence-corrected chi connectivity index (χ0v) is 25.7. The molecule has 1 atom stereocenters. The smallest absolute Gasteiger partial charge is 0.422 e. The number of alkyl halides is 3. The molecule has 1 N–H and O–H groups in total. The molecule has 2 fully saturated rings. The number of hydrogen-bond acceptors (Lipinski definition) is 11. The Kier molecular flexibility index (Phi) is 9.63. The van der Waals surface area contributed by atoms with Crippen LogP contribution in [-0.4, -0.2) is 96.1 Å². The van der Waals surface area contributed by atoms with Crippen LogP contribution in [-0.2, 0) is 11.3 Å². The van der Waals surface area contributed by atoms with Crippen molar-refractivity contribution in [2.45, 2.75) is 70.4 Å². The molecule has 0 unspecified atom stereocenters. The first kappa shape index (κ1) is 31.7. The Hall–Kier alpha value is -4.31. The van der Waals surface area contributed by atoms with E-state index in [0.29, 0.717) is 18.3 Å². The second-order valence-corrected chi connectivity index (χ2v) is 11.7. The summed E-state index contributed by atoms with van der Waals surface area (Å²) in [6.45, 7) is 6.29. The summed E-state index contributed by atoms with van der Waals surface area (Å²) in [6, 6.07) is 6.35. The van der Waals surface area contributed by atoms with E-state index >= 15 is 0 Å². The number of tetrazole rings is 1. The number of aryl methyl sites for hydroxylation is 1. The van der Waals surface area contributed by atoms with E-state index in [1.165, 1.54) is 6.33 Å². The molecule has 0 spiro atoms. The van der Waals surface area contributed by atoms with Crippen LogP contribution in [0.25, 0.3) is 11.1 Å². The molecule has 2 aliphatic rings. The van der Waals surface area contributed by atoms with Crippen LogP contribution in [0.3, 0.4) is 0 Å². The molecule has 1 aliphatic heterocycles. The van der Waals surface area contributed by atoms with Crippen LogP contribution in [0.5, 0.6) is 11.6 Å². The number of anilines is 2. The van der Waals surface area contributed by atoms with E-state index in [1.807, 2.05) is 32.0 Å². The van der Waals surface area contributed by atoms with Gasteiger partial charge in [0.2, 0.25) is 5.95 Å². The van der Waals surface area contributed by atoms with Gasteiger partial charge in [0.1, 0.15) is 23.9 Å². The summed E-state index contributed by atoms with van der Waals surface area (Å²) in [5, 5.41) is 18.6. The van der Waals surface area contributed by atoms with Crippen LogP contribution in [0.15, 0.2) is 43.1 Å². The molecule has 0 bridgehead atoms. The second-order valence-electron chi connectivity index (χ2n) is 11.7. The summed E-state index contributed by atoms with van der Waals surface area (Å²) < 4.78 is 59.2. The zero-order chi connectivity index (χ0) is 32.1. The Morgan fingerprint density at radius 3 is 2.48 bits per heavy atom. The maximum atomic E-state index is 13.1. The van der Waals surface area contributed by atoms with Gasteiger partial charge < -0.3 is 19.5 Å². The van der Waals surface area contributed by atoms with E-state index in [1.54, 1.807) is 28.0 Å². The molecule has 13 nitrogen and oxygen atoms in total. The number of halogens is 3. The van der Waals surface area contributed by atoms with Gasteiger partial charge in [0.15, 0.2) is 6.61 Å². The Bertz CT molecular complexity index is 1550. The van der Waals surface area contributed by atoms with Gasteiger partial charge in [-0.2, -0.15) is 13.2 Å². The summed E-state index contributed by atoms with van der Waals surface area (Å²) in [5.74, 6) is 0.768. The fourth-order valence-corrected chi connectivity index (χ4v) is 5.89. The van der Waals surface area contributed by atoms with Gasteiger partial charge in [-0.1, -0.05) is 12.1 Å². The third kappa shape index (κ3) is 8.09. The summed E-state index contributed by atoms with van der Waals surface area (Å²) >= 11 is 0. The number of nitrogens with zero attached hydrogens (tertiary/aromatic N) is 9. The van der Waals surface area contributed by atoms with Crippen LogP contribution < -0.4 is 14.8 Å². The van der Waals surface area contributed by atoms with E-state index in [9.17, 15) is 13.2 Å². The van der Waals surface area contributed by atoms with Crippen LogP contribution in [0.2, 0.25) is 0 Å². The van der Waals surface area contributed by atoms with Crippen molar-refractivity contribution in [2.75, 3.05) is 38.2 Å². The number of benzene rings is 1. The quantitative estimate of drug-likeness (QED) is 0.246. The van der Waals surface area contributed by atoms with Crippen molar-refractivity contribution in [3.63, 3.8) is 0 Å². The molecule has 46 heavy (non-hydrogen) atoms. The van der Waals surface area contributed by atoms with Gasteiger partial charge >= 0.3 is 6.18 Å². The minimum Gasteiger partial charge on any atom is -0.488 e. The molecule has 1 saturated carbocycles. The van der Waals surface area contributed by atoms with Crippen LogP contribution in [0.4, 0.5) is 24.8 Å². The molecule has 1 saturated heterocycles. The standard InChI is InChI=1S/C30H37F3N10O3/c1-20-3-4-22(13-27(20)46-21(2)16-42-19-36-39-40-42)23-14-34-29(35-15-23)37-26-17-43(38-28(26)45-18-30(31,32)33)25-7-5-24(6-8-25)41-9-11-44-12-10-41/h3-4,13-15,17,19,21,24-25H,5-12,16,18H2,1-2H3,(H,34,35,37)/t21-,24?,25?/m0/s1. The fourth-order valence-electron chi connectivity index (χ4n) is 5.89. The predicted octanol–water partition coefficient (Wildman–Crippen LogP) is 4.60. The highest BCUT2D eigenvalue weighted by atomic mass is 19.4. The molecule has 1 aliphatic carbocycles. The van der Waals surface area contributed by atoms with Gasteiger partial charge in [-0.05, 0) is 67.2 Å². The Labute approximate surface area is 264 Å². The van der Waals surface area contributed by atoms with Crippen molar-refractivity contribution in [3.8, 4) is 22.8 Å². The zero-order valence-electron chi connectivity index (χ0n) is 25.7. The normalized spacial score (nSPS) is 19.9. The van der Waals surface area contributed by atoms with E-state index < -0.39 is 12.8 Å². The van der Waals surface area contributed by atoms with Gasteiger partial charge in [0.05, 0.1) is 32.0 Å².